The van der Waals surface area contributed by atoms with E-state index in [1.165, 1.54) is 18.7 Å². The van der Waals surface area contributed by atoms with Crippen LogP contribution in [0.4, 0.5) is 4.79 Å². The fourth-order valence-corrected chi connectivity index (χ4v) is 2.98. The molecule has 0 fully saturated rings. The molecule has 3 atom stereocenters. The number of carbonyl (C=O) groups is 4. The van der Waals surface area contributed by atoms with Crippen LogP contribution in [0.15, 0.2) is 30.3 Å². The quantitative estimate of drug-likeness (QED) is 0.288. The smallest absolute Gasteiger partial charge is 0.411 e. The topological polar surface area (TPSA) is 174 Å². The molecule has 1 rings (SSSR count). The summed E-state index contributed by atoms with van der Waals surface area (Å²) in [6.45, 7) is 8.74. The van der Waals surface area contributed by atoms with Gasteiger partial charge in [0, 0.05) is 5.54 Å². The summed E-state index contributed by atoms with van der Waals surface area (Å²) in [5, 5.41) is 6.95. The second-order valence-electron chi connectivity index (χ2n) is 9.09. The molecule has 196 valence electrons. The normalized spacial score (nSPS) is 14.2. The first-order valence-corrected chi connectivity index (χ1v) is 12.6. The third kappa shape index (κ3) is 10.5. The van der Waals surface area contributed by atoms with E-state index in [1.807, 2.05) is 18.2 Å². The summed E-state index contributed by atoms with van der Waals surface area (Å²) in [5.74, 6) is -3.53. The van der Waals surface area contributed by atoms with Gasteiger partial charge in [0.2, 0.25) is 17.7 Å². The maximum Gasteiger partial charge on any atom is 0.411 e. The van der Waals surface area contributed by atoms with Gasteiger partial charge in [0.25, 0.3) is 0 Å². The zero-order chi connectivity index (χ0) is 27.0. The van der Waals surface area contributed by atoms with Crippen LogP contribution in [0.3, 0.4) is 0 Å². The Morgan fingerprint density at radius 2 is 1.46 bits per heavy atom. The van der Waals surface area contributed by atoms with E-state index in [0.29, 0.717) is 0 Å². The van der Waals surface area contributed by atoms with E-state index in [0.717, 1.165) is 12.5 Å². The van der Waals surface area contributed by atoms with Crippen molar-refractivity contribution >= 4 is 31.4 Å². The summed E-state index contributed by atoms with van der Waals surface area (Å²) < 4.78 is 16.5. The summed E-state index contributed by atoms with van der Waals surface area (Å²) in [6, 6.07) is 6.89. The van der Waals surface area contributed by atoms with Crippen molar-refractivity contribution < 1.29 is 38.3 Å². The SMILES string of the molecule is C[C@H](NC(=O)CN(C(=O)OCc1ccccc1)C(C)(C)C)C(=O)N[C@@H](C)C(=O)N[C@@H](C)P(=O)(O)O. The van der Waals surface area contributed by atoms with Gasteiger partial charge in [0.15, 0.2) is 0 Å². The molecule has 0 radical (unpaired) electrons. The Balaban J connectivity index is 2.66. The maximum atomic E-state index is 12.6. The summed E-state index contributed by atoms with van der Waals surface area (Å²) in [6.07, 6.45) is -0.696. The van der Waals surface area contributed by atoms with Crippen LogP contribution in [0.2, 0.25) is 0 Å². The van der Waals surface area contributed by atoms with E-state index >= 15 is 0 Å². The third-order valence-corrected chi connectivity index (χ3v) is 6.05. The number of hydrogen-bond acceptors (Lipinski definition) is 6. The molecule has 5 N–H and O–H groups in total. The van der Waals surface area contributed by atoms with Crippen molar-refractivity contribution in [1.29, 1.82) is 0 Å². The Morgan fingerprint density at radius 3 is 1.97 bits per heavy atom. The molecule has 35 heavy (non-hydrogen) atoms. The Morgan fingerprint density at radius 1 is 0.943 bits per heavy atom. The van der Waals surface area contributed by atoms with Gasteiger partial charge in [-0.25, -0.2) is 4.79 Å². The lowest BCUT2D eigenvalue weighted by molar-refractivity contribution is -0.132. The highest BCUT2D eigenvalue weighted by Gasteiger charge is 2.31. The Kier molecular flexibility index (Phi) is 10.9. The van der Waals surface area contributed by atoms with E-state index in [4.69, 9.17) is 14.5 Å². The molecular formula is C22H35N4O8P. The maximum absolute atomic E-state index is 12.6. The molecule has 0 spiro atoms. The number of nitrogens with zero attached hydrogens (tertiary/aromatic N) is 1. The lowest BCUT2D eigenvalue weighted by atomic mass is 10.1. The minimum absolute atomic E-state index is 0.0350. The zero-order valence-electron chi connectivity index (χ0n) is 20.8. The number of amides is 4. The predicted molar refractivity (Wildman–Crippen MR) is 128 cm³/mol. The number of benzene rings is 1. The molecule has 0 heterocycles. The molecule has 12 nitrogen and oxygen atoms in total. The Labute approximate surface area is 204 Å². The average molecular weight is 515 g/mol. The third-order valence-electron chi connectivity index (χ3n) is 4.92. The van der Waals surface area contributed by atoms with Crippen molar-refractivity contribution in [2.24, 2.45) is 0 Å². The van der Waals surface area contributed by atoms with Gasteiger partial charge in [0.1, 0.15) is 31.0 Å². The minimum atomic E-state index is -4.53. The fourth-order valence-electron chi connectivity index (χ4n) is 2.69. The molecule has 0 aliphatic carbocycles. The number of rotatable bonds is 10. The highest BCUT2D eigenvalue weighted by Crippen LogP contribution is 2.39. The molecule has 0 aliphatic heterocycles. The number of hydrogen-bond donors (Lipinski definition) is 5. The largest absolute Gasteiger partial charge is 0.445 e. The van der Waals surface area contributed by atoms with Crippen LogP contribution in [-0.4, -0.2) is 68.5 Å². The fraction of sp³-hybridized carbons (Fsp3) is 0.545. The lowest BCUT2D eigenvalue weighted by Gasteiger charge is -2.34. The molecule has 0 unspecified atom stereocenters. The first kappa shape index (κ1) is 30.1. The molecule has 0 aliphatic rings. The monoisotopic (exact) mass is 514 g/mol. The van der Waals surface area contributed by atoms with Crippen LogP contribution >= 0.6 is 7.60 Å². The van der Waals surface area contributed by atoms with Crippen molar-refractivity contribution in [2.45, 2.75) is 71.6 Å². The standard InChI is InChI=1S/C22H35N4O8P/c1-14(19(28)24-15(2)20(29)25-16(3)35(31,32)33)23-18(27)12-26(22(4,5)6)21(30)34-13-17-10-8-7-9-11-17/h7-11,14-16H,12-13H2,1-6H3,(H,23,27)(H,24,28)(H,25,29)(H2,31,32,33)/t14-,15-,16+/m0/s1. The highest BCUT2D eigenvalue weighted by atomic mass is 31.2. The Bertz CT molecular complexity index is 945. The zero-order valence-corrected chi connectivity index (χ0v) is 21.7. The van der Waals surface area contributed by atoms with Crippen molar-refractivity contribution in [1.82, 2.24) is 20.9 Å². The summed E-state index contributed by atoms with van der Waals surface area (Å²) >= 11 is 0. The molecule has 0 saturated carbocycles. The lowest BCUT2D eigenvalue weighted by Crippen LogP contribution is -2.55. The van der Waals surface area contributed by atoms with Crippen molar-refractivity contribution in [3.63, 3.8) is 0 Å². The van der Waals surface area contributed by atoms with Crippen LogP contribution in [0.5, 0.6) is 0 Å². The molecule has 13 heteroatoms. The van der Waals surface area contributed by atoms with Crippen molar-refractivity contribution in [3.8, 4) is 0 Å². The van der Waals surface area contributed by atoms with Gasteiger partial charge in [-0.1, -0.05) is 30.3 Å². The van der Waals surface area contributed by atoms with E-state index in [9.17, 15) is 23.7 Å². The summed E-state index contributed by atoms with van der Waals surface area (Å²) in [4.78, 5) is 69.0. The van der Waals surface area contributed by atoms with Crippen LogP contribution < -0.4 is 16.0 Å². The molecule has 1 aromatic rings. The first-order chi connectivity index (χ1) is 16.0. The van der Waals surface area contributed by atoms with E-state index in [-0.39, 0.29) is 13.2 Å². The van der Waals surface area contributed by atoms with E-state index < -0.39 is 54.8 Å². The predicted octanol–water partition coefficient (Wildman–Crippen LogP) is 1.07. The first-order valence-electron chi connectivity index (χ1n) is 11.0. The molecule has 0 saturated heterocycles. The van der Waals surface area contributed by atoms with E-state index in [2.05, 4.69) is 16.0 Å². The van der Waals surface area contributed by atoms with Gasteiger partial charge in [0.05, 0.1) is 0 Å². The molecule has 1 aromatic carbocycles. The van der Waals surface area contributed by atoms with Gasteiger partial charge < -0.3 is 30.5 Å². The van der Waals surface area contributed by atoms with Gasteiger partial charge in [-0.2, -0.15) is 0 Å². The van der Waals surface area contributed by atoms with Crippen LogP contribution in [0.1, 0.15) is 47.1 Å². The summed E-state index contributed by atoms with van der Waals surface area (Å²) in [5.41, 5.74) is 0.0384. The van der Waals surface area contributed by atoms with E-state index in [1.54, 1.807) is 32.9 Å². The van der Waals surface area contributed by atoms with Crippen molar-refractivity contribution in [3.05, 3.63) is 35.9 Å². The highest BCUT2D eigenvalue weighted by molar-refractivity contribution is 7.52. The second-order valence-corrected chi connectivity index (χ2v) is 11.0. The minimum Gasteiger partial charge on any atom is -0.445 e. The van der Waals surface area contributed by atoms with Crippen LogP contribution in [0, 0.1) is 0 Å². The molecule has 0 aromatic heterocycles. The second kappa shape index (κ2) is 12.7. The van der Waals surface area contributed by atoms with Crippen LogP contribution in [0.25, 0.3) is 0 Å². The number of ether oxygens (including phenoxy) is 1. The van der Waals surface area contributed by atoms with Gasteiger partial charge in [-0.15, -0.1) is 0 Å². The van der Waals surface area contributed by atoms with Crippen LogP contribution in [-0.2, 0) is 30.3 Å². The van der Waals surface area contributed by atoms with Gasteiger partial charge in [-0.05, 0) is 47.1 Å². The Hall–Kier alpha value is -2.95. The molecule has 0 bridgehead atoms. The number of nitrogens with one attached hydrogen (secondary N) is 3. The molecule has 4 amide bonds. The molecular weight excluding hydrogens is 479 g/mol. The number of carbonyl (C=O) groups excluding carboxylic acids is 4. The van der Waals surface area contributed by atoms with Gasteiger partial charge >= 0.3 is 13.7 Å². The average Bonchev–Trinajstić information content (AvgIpc) is 2.74. The van der Waals surface area contributed by atoms with Gasteiger partial charge in [-0.3, -0.25) is 23.8 Å². The van der Waals surface area contributed by atoms with Crippen molar-refractivity contribution in [2.75, 3.05) is 6.54 Å². The summed E-state index contributed by atoms with van der Waals surface area (Å²) in [7, 11) is -4.53.